The highest BCUT2D eigenvalue weighted by atomic mass is 16.4. The van der Waals surface area contributed by atoms with Crippen LogP contribution in [0, 0.1) is 0 Å². The van der Waals surface area contributed by atoms with Crippen molar-refractivity contribution in [3.8, 4) is 0 Å². The van der Waals surface area contributed by atoms with Crippen LogP contribution in [0.4, 0.5) is 0 Å². The second kappa shape index (κ2) is 9.69. The summed E-state index contributed by atoms with van der Waals surface area (Å²) in [5, 5.41) is 8.89. The topological polar surface area (TPSA) is 37.0 Å². The van der Waals surface area contributed by atoms with Crippen LogP contribution in [0.1, 0.15) is 33.6 Å². The lowest BCUT2D eigenvalue weighted by molar-refractivity contribution is -0.140. The third-order valence-corrected chi connectivity index (χ3v) is 0.500. The van der Waals surface area contributed by atoms with Crippen LogP contribution in [0.3, 0.4) is 0 Å². The minimum absolute atomic E-state index is 0.972. The first kappa shape index (κ1) is 10.5. The largest absolute Gasteiger partial charge is 0.352 e. The van der Waals surface area contributed by atoms with Crippen molar-refractivity contribution < 1.29 is 9.90 Å². The Morgan fingerprint density at radius 1 is 1.25 bits per heavy atom. The molecule has 0 N–H and O–H groups in total. The highest BCUT2D eigenvalue weighted by Gasteiger charge is 1.71. The van der Waals surface area contributed by atoms with Gasteiger partial charge >= 0.3 is 5.97 Å². The van der Waals surface area contributed by atoms with E-state index in [4.69, 9.17) is 9.90 Å². The molecule has 0 bridgehead atoms. The molecule has 0 aromatic heterocycles. The van der Waals surface area contributed by atoms with E-state index in [1.54, 1.807) is 0 Å². The smallest absolute Gasteiger partial charge is 0.248 e. The minimum atomic E-state index is -1.08. The first-order valence-corrected chi connectivity index (χ1v) is 2.82. The molecule has 0 aliphatic heterocycles. The summed E-state index contributed by atoms with van der Waals surface area (Å²) in [5.41, 5.74) is 0. The highest BCUT2D eigenvalue weighted by molar-refractivity contribution is 5.62. The Bertz CT molecular complexity index is 44.5. The number of hydrogen-bond acceptors (Lipinski definition) is 1. The van der Waals surface area contributed by atoms with E-state index in [0.717, 1.165) is 6.92 Å². The first-order chi connectivity index (χ1) is 3.65. The van der Waals surface area contributed by atoms with Gasteiger partial charge in [-0.25, -0.2) is 9.90 Å². The molecule has 0 atom stereocenters. The predicted octanol–water partition coefficient (Wildman–Crippen LogP) is 1.77. The molecule has 0 fully saturated rings. The fourth-order valence-electron chi connectivity index (χ4n) is 0. The molecule has 2 heteroatoms. The fraction of sp³-hybridized carbons (Fsp3) is 0.833. The van der Waals surface area contributed by atoms with Crippen molar-refractivity contribution >= 4 is 5.97 Å². The normalized spacial score (nSPS) is 6.88. The number of unbranched alkanes of at least 4 members (excludes halogenated alkanes) is 1. The third kappa shape index (κ3) is 495. The van der Waals surface area contributed by atoms with Gasteiger partial charge in [0.25, 0.3) is 0 Å². The maximum Gasteiger partial charge on any atom is 0.352 e. The minimum Gasteiger partial charge on any atom is -0.248 e. The summed E-state index contributed by atoms with van der Waals surface area (Å²) in [5.74, 6) is -1.08. The summed E-state index contributed by atoms with van der Waals surface area (Å²) in [6, 6.07) is 0. The van der Waals surface area contributed by atoms with Crippen LogP contribution in [0.5, 0.6) is 0 Å². The van der Waals surface area contributed by atoms with Gasteiger partial charge in [0, 0.05) is 6.92 Å². The lowest BCUT2D eigenvalue weighted by Gasteiger charge is -1.68. The zero-order valence-corrected chi connectivity index (χ0v) is 5.73. The van der Waals surface area contributed by atoms with Gasteiger partial charge in [0.05, 0.1) is 0 Å². The fourth-order valence-corrected chi connectivity index (χ4v) is 0. The van der Waals surface area contributed by atoms with Crippen molar-refractivity contribution in [1.82, 2.24) is 0 Å². The molecule has 2 nitrogen and oxygen atoms in total. The Balaban J connectivity index is 0. The Labute approximate surface area is 50.5 Å². The molecule has 0 aliphatic carbocycles. The SMILES string of the molecule is CC([O])=O.CCCC. The van der Waals surface area contributed by atoms with Gasteiger partial charge in [0.1, 0.15) is 0 Å². The van der Waals surface area contributed by atoms with E-state index in [2.05, 4.69) is 13.8 Å². The van der Waals surface area contributed by atoms with E-state index in [1.807, 2.05) is 0 Å². The van der Waals surface area contributed by atoms with E-state index in [-0.39, 0.29) is 0 Å². The zero-order valence-electron chi connectivity index (χ0n) is 5.73. The van der Waals surface area contributed by atoms with E-state index >= 15 is 0 Å². The standard InChI is InChI=1S/C4H10.C2H3O2/c1-3-4-2;1-2(3)4/h3-4H2,1-2H3;1H3. The van der Waals surface area contributed by atoms with E-state index in [0.29, 0.717) is 0 Å². The van der Waals surface area contributed by atoms with Gasteiger partial charge in [-0.15, -0.1) is 0 Å². The molecule has 0 unspecified atom stereocenters. The Morgan fingerprint density at radius 2 is 1.38 bits per heavy atom. The Morgan fingerprint density at radius 3 is 1.38 bits per heavy atom. The maximum absolute atomic E-state index is 8.89. The van der Waals surface area contributed by atoms with Crippen LogP contribution in [-0.2, 0) is 9.90 Å². The number of carbonyl (C=O) groups excluding carboxylic acids is 1. The van der Waals surface area contributed by atoms with Crippen LogP contribution in [-0.4, -0.2) is 5.97 Å². The molecule has 0 aromatic rings. The van der Waals surface area contributed by atoms with E-state index < -0.39 is 5.97 Å². The second-order valence-corrected chi connectivity index (χ2v) is 1.49. The molecule has 0 aliphatic rings. The van der Waals surface area contributed by atoms with Gasteiger partial charge in [0.2, 0.25) is 0 Å². The molecule has 0 amide bonds. The van der Waals surface area contributed by atoms with Crippen molar-refractivity contribution in [2.75, 3.05) is 0 Å². The van der Waals surface area contributed by atoms with Crippen molar-refractivity contribution in [3.63, 3.8) is 0 Å². The number of carbonyl (C=O) groups is 1. The molecule has 0 heterocycles. The molecule has 8 heavy (non-hydrogen) atoms. The third-order valence-electron chi connectivity index (χ3n) is 0.500. The van der Waals surface area contributed by atoms with Gasteiger partial charge in [0.15, 0.2) is 0 Å². The summed E-state index contributed by atoms with van der Waals surface area (Å²) in [7, 11) is 0. The summed E-state index contributed by atoms with van der Waals surface area (Å²) in [6.45, 7) is 5.33. The quantitative estimate of drug-likeness (QED) is 0.515. The van der Waals surface area contributed by atoms with Crippen LogP contribution in [0.25, 0.3) is 0 Å². The van der Waals surface area contributed by atoms with Crippen molar-refractivity contribution in [2.45, 2.75) is 33.6 Å². The Hall–Kier alpha value is -0.530. The molecule has 1 radical (unpaired) electrons. The number of rotatable bonds is 1. The zero-order chi connectivity index (χ0) is 6.99. The average Bonchev–Trinajstić information content (AvgIpc) is 1.65. The lowest BCUT2D eigenvalue weighted by atomic mass is 10.4. The second-order valence-electron chi connectivity index (χ2n) is 1.49. The van der Waals surface area contributed by atoms with Gasteiger partial charge in [-0.05, 0) is 0 Å². The molecule has 0 spiro atoms. The van der Waals surface area contributed by atoms with E-state index in [1.165, 1.54) is 12.8 Å². The van der Waals surface area contributed by atoms with Gasteiger partial charge in [-0.1, -0.05) is 26.7 Å². The predicted molar refractivity (Wildman–Crippen MR) is 31.9 cm³/mol. The van der Waals surface area contributed by atoms with Crippen LogP contribution in [0.15, 0.2) is 0 Å². The summed E-state index contributed by atoms with van der Waals surface area (Å²) < 4.78 is 0. The van der Waals surface area contributed by atoms with Crippen molar-refractivity contribution in [1.29, 1.82) is 0 Å². The molecule has 0 rings (SSSR count). The van der Waals surface area contributed by atoms with Crippen molar-refractivity contribution in [3.05, 3.63) is 0 Å². The monoisotopic (exact) mass is 117 g/mol. The van der Waals surface area contributed by atoms with Crippen LogP contribution < -0.4 is 0 Å². The highest BCUT2D eigenvalue weighted by Crippen LogP contribution is 1.76. The molecule has 49 valence electrons. The average molecular weight is 117 g/mol. The first-order valence-electron chi connectivity index (χ1n) is 2.82. The Kier molecular flexibility index (Phi) is 12.7. The summed E-state index contributed by atoms with van der Waals surface area (Å²) in [4.78, 5) is 8.89. The summed E-state index contributed by atoms with van der Waals surface area (Å²) >= 11 is 0. The maximum atomic E-state index is 8.89. The molecular formula is C6H13O2. The molecule has 0 saturated carbocycles. The van der Waals surface area contributed by atoms with Crippen LogP contribution in [0.2, 0.25) is 0 Å². The van der Waals surface area contributed by atoms with E-state index in [9.17, 15) is 0 Å². The van der Waals surface area contributed by atoms with Crippen molar-refractivity contribution in [2.24, 2.45) is 0 Å². The van der Waals surface area contributed by atoms with Crippen LogP contribution >= 0.6 is 0 Å². The van der Waals surface area contributed by atoms with Gasteiger partial charge < -0.3 is 0 Å². The lowest BCUT2D eigenvalue weighted by Crippen LogP contribution is -1.74. The molecular weight excluding hydrogens is 104 g/mol. The number of hydrogen-bond donors (Lipinski definition) is 0. The van der Waals surface area contributed by atoms with Gasteiger partial charge in [-0.3, -0.25) is 0 Å². The molecule has 0 aromatic carbocycles. The molecule has 0 saturated heterocycles. The van der Waals surface area contributed by atoms with Gasteiger partial charge in [-0.2, -0.15) is 0 Å². The summed E-state index contributed by atoms with van der Waals surface area (Å²) in [6.07, 6.45) is 2.64.